The van der Waals surface area contributed by atoms with Crippen LogP contribution in [-0.4, -0.2) is 48.3 Å². The smallest absolute Gasteiger partial charge is 0.328 e. The first kappa shape index (κ1) is 21.9. The van der Waals surface area contributed by atoms with Crippen molar-refractivity contribution in [3.8, 4) is 10.8 Å². The molecule has 0 saturated heterocycles. The van der Waals surface area contributed by atoms with Gasteiger partial charge in [-0.15, -0.1) is 0 Å². The van der Waals surface area contributed by atoms with E-state index in [1.807, 2.05) is 5.32 Å². The minimum Gasteiger partial charge on any atom is -0.328 e. The van der Waals surface area contributed by atoms with Gasteiger partial charge < -0.3 is 14.8 Å². The van der Waals surface area contributed by atoms with Gasteiger partial charge in [0, 0.05) is 18.7 Å². The summed E-state index contributed by atoms with van der Waals surface area (Å²) in [5.74, 6) is -2.68. The molecule has 3 heterocycles. The minimum atomic E-state index is -5.11. The Balaban J connectivity index is 1.75. The second kappa shape index (κ2) is 7.97. The maximum Gasteiger partial charge on any atom is 0.471 e. The molecule has 0 bridgehead atoms. The van der Waals surface area contributed by atoms with Crippen molar-refractivity contribution in [1.29, 1.82) is 0 Å². The summed E-state index contributed by atoms with van der Waals surface area (Å²) < 4.78 is 57.6. The molecule has 0 radical (unpaired) electrons. The Kier molecular flexibility index (Phi) is 5.44. The van der Waals surface area contributed by atoms with Gasteiger partial charge in [-0.2, -0.15) is 17.5 Å². The second-order valence-electron chi connectivity index (χ2n) is 7.10. The third-order valence-corrected chi connectivity index (χ3v) is 5.80. The van der Waals surface area contributed by atoms with E-state index in [4.69, 9.17) is 0 Å². The highest BCUT2D eigenvalue weighted by atomic mass is 32.1. The molecule has 0 aliphatic carbocycles. The van der Waals surface area contributed by atoms with E-state index in [1.165, 1.54) is 17.0 Å². The number of aromatic nitrogens is 4. The van der Waals surface area contributed by atoms with E-state index in [0.717, 1.165) is 23.7 Å². The predicted octanol–water partition coefficient (Wildman–Crippen LogP) is 3.57. The molecule has 1 aromatic carbocycles. The normalized spacial score (nSPS) is 16.1. The number of hydrogen-bond donors (Lipinski definition) is 1. The van der Waals surface area contributed by atoms with Crippen molar-refractivity contribution in [2.24, 2.45) is 0 Å². The van der Waals surface area contributed by atoms with Crippen LogP contribution in [0.5, 0.6) is 0 Å². The largest absolute Gasteiger partial charge is 0.471 e. The van der Waals surface area contributed by atoms with Crippen molar-refractivity contribution < 1.29 is 27.2 Å². The topological polar surface area (TPSA) is 93.0 Å². The molecule has 2 amide bonds. The quantitative estimate of drug-likeness (QED) is 0.594. The second-order valence-corrected chi connectivity index (χ2v) is 7.85. The summed E-state index contributed by atoms with van der Waals surface area (Å²) in [7, 11) is 0. The summed E-state index contributed by atoms with van der Waals surface area (Å²) in [4.78, 5) is 34.5. The van der Waals surface area contributed by atoms with Gasteiger partial charge in [0.15, 0.2) is 16.6 Å². The zero-order valence-electron chi connectivity index (χ0n) is 16.8. The van der Waals surface area contributed by atoms with Crippen molar-refractivity contribution in [2.45, 2.75) is 32.6 Å². The molecule has 3 aromatic rings. The molecular weight excluding hydrogens is 452 g/mol. The first-order valence-electron chi connectivity index (χ1n) is 9.42. The van der Waals surface area contributed by atoms with Gasteiger partial charge in [0.1, 0.15) is 11.6 Å². The maximum atomic E-state index is 13.2. The van der Waals surface area contributed by atoms with Crippen LogP contribution in [0, 0.1) is 12.7 Å². The van der Waals surface area contributed by atoms with Gasteiger partial charge >= 0.3 is 12.1 Å². The molecule has 1 N–H and O–H groups in total. The molecule has 0 fully saturated rings. The standard InChI is InChI=1S/C19H16F4N6O2S/c1-9-13-14(26-18(31)19(21,22)23)25-15(16-24-10(2)27-32-16)29(13)8-7-28(9)17(30)11-3-5-12(20)6-4-11/h3-6,9H,7-8H2,1-2H3,(H,26,31)/t9-/m1/s1. The third-order valence-electron chi connectivity index (χ3n) is 4.99. The van der Waals surface area contributed by atoms with Gasteiger partial charge in [-0.1, -0.05) is 0 Å². The van der Waals surface area contributed by atoms with Crippen molar-refractivity contribution in [3.05, 3.63) is 47.2 Å². The van der Waals surface area contributed by atoms with Gasteiger partial charge in [0.05, 0.1) is 11.7 Å². The molecule has 13 heteroatoms. The Morgan fingerprint density at radius 2 is 1.84 bits per heavy atom. The SMILES string of the molecule is Cc1nsc(-c2nc(NC(=O)C(F)(F)F)c3n2CCN(C(=O)c2ccc(F)cc2)[C@@H]3C)n1. The average molecular weight is 468 g/mol. The lowest BCUT2D eigenvalue weighted by Gasteiger charge is -2.35. The number of benzene rings is 1. The Hall–Kier alpha value is -3.35. The summed E-state index contributed by atoms with van der Waals surface area (Å²) >= 11 is 1.02. The van der Waals surface area contributed by atoms with Gasteiger partial charge in [-0.25, -0.2) is 14.4 Å². The van der Waals surface area contributed by atoms with Gasteiger partial charge in [-0.05, 0) is 49.6 Å². The third kappa shape index (κ3) is 3.95. The van der Waals surface area contributed by atoms with Crippen molar-refractivity contribution in [3.63, 3.8) is 0 Å². The molecule has 8 nitrogen and oxygen atoms in total. The Morgan fingerprint density at radius 1 is 1.16 bits per heavy atom. The number of halogens is 4. The molecular formula is C19H16F4N6O2S. The molecule has 0 saturated carbocycles. The van der Waals surface area contributed by atoms with E-state index in [2.05, 4.69) is 14.3 Å². The fraction of sp³-hybridized carbons (Fsp3) is 0.316. The molecule has 168 valence electrons. The molecule has 1 atom stereocenters. The molecule has 32 heavy (non-hydrogen) atoms. The summed E-state index contributed by atoms with van der Waals surface area (Å²) in [5, 5.41) is 2.19. The van der Waals surface area contributed by atoms with Gasteiger partial charge in [0.25, 0.3) is 5.91 Å². The van der Waals surface area contributed by atoms with Crippen molar-refractivity contribution in [1.82, 2.24) is 23.8 Å². The monoisotopic (exact) mass is 468 g/mol. The number of hydrogen-bond acceptors (Lipinski definition) is 6. The number of fused-ring (bicyclic) bond motifs is 1. The Labute approximate surface area is 183 Å². The van der Waals surface area contributed by atoms with Crippen LogP contribution in [0.1, 0.15) is 34.8 Å². The molecule has 0 unspecified atom stereocenters. The maximum absolute atomic E-state index is 13.2. The predicted molar refractivity (Wildman–Crippen MR) is 106 cm³/mol. The van der Waals surface area contributed by atoms with Crippen LogP contribution in [0.25, 0.3) is 10.8 Å². The van der Waals surface area contributed by atoms with Crippen LogP contribution in [0.4, 0.5) is 23.4 Å². The van der Waals surface area contributed by atoms with Crippen LogP contribution >= 0.6 is 11.5 Å². The van der Waals surface area contributed by atoms with E-state index in [9.17, 15) is 27.2 Å². The zero-order chi connectivity index (χ0) is 23.2. The lowest BCUT2D eigenvalue weighted by molar-refractivity contribution is -0.167. The first-order chi connectivity index (χ1) is 15.1. The fourth-order valence-corrected chi connectivity index (χ4v) is 4.19. The molecule has 1 aliphatic rings. The Bertz CT molecular complexity index is 1190. The number of nitrogens with zero attached hydrogens (tertiary/aromatic N) is 5. The highest BCUT2D eigenvalue weighted by Crippen LogP contribution is 2.37. The average Bonchev–Trinajstić information content (AvgIpc) is 3.31. The van der Waals surface area contributed by atoms with Gasteiger partial charge in [0.2, 0.25) is 0 Å². The van der Waals surface area contributed by atoms with Crippen LogP contribution in [0.2, 0.25) is 0 Å². The summed E-state index contributed by atoms with van der Waals surface area (Å²) in [6.07, 6.45) is -5.11. The van der Waals surface area contributed by atoms with E-state index < -0.39 is 29.8 Å². The van der Waals surface area contributed by atoms with Crippen LogP contribution in [0.3, 0.4) is 0 Å². The van der Waals surface area contributed by atoms with Crippen LogP contribution < -0.4 is 5.32 Å². The molecule has 4 rings (SSSR count). The van der Waals surface area contributed by atoms with Crippen LogP contribution in [0.15, 0.2) is 24.3 Å². The van der Waals surface area contributed by atoms with E-state index >= 15 is 0 Å². The number of imidazole rings is 1. The number of amides is 2. The number of rotatable bonds is 3. The highest BCUT2D eigenvalue weighted by Gasteiger charge is 2.41. The number of nitrogens with one attached hydrogen (secondary N) is 1. The first-order valence-corrected chi connectivity index (χ1v) is 10.2. The summed E-state index contributed by atoms with van der Waals surface area (Å²) in [6.45, 7) is 3.71. The molecule has 1 aliphatic heterocycles. The van der Waals surface area contributed by atoms with Crippen molar-refractivity contribution >= 4 is 29.2 Å². The van der Waals surface area contributed by atoms with E-state index in [0.29, 0.717) is 10.8 Å². The lowest BCUT2D eigenvalue weighted by atomic mass is 10.1. The minimum absolute atomic E-state index is 0.204. The van der Waals surface area contributed by atoms with E-state index in [1.54, 1.807) is 18.4 Å². The molecule has 0 spiro atoms. The van der Waals surface area contributed by atoms with Gasteiger partial charge in [-0.3, -0.25) is 9.59 Å². The number of alkyl halides is 3. The Morgan fingerprint density at radius 3 is 2.44 bits per heavy atom. The molecule has 2 aromatic heterocycles. The zero-order valence-corrected chi connectivity index (χ0v) is 17.6. The summed E-state index contributed by atoms with van der Waals surface area (Å²) in [6, 6.07) is 4.23. The number of aryl methyl sites for hydroxylation is 1. The number of carbonyl (C=O) groups excluding carboxylic acids is 2. The summed E-state index contributed by atoms with van der Waals surface area (Å²) in [5.41, 5.74) is 0.458. The lowest BCUT2D eigenvalue weighted by Crippen LogP contribution is -2.41. The van der Waals surface area contributed by atoms with E-state index in [-0.39, 0.29) is 36.0 Å². The number of carbonyl (C=O) groups is 2. The highest BCUT2D eigenvalue weighted by molar-refractivity contribution is 7.09. The van der Waals surface area contributed by atoms with Crippen LogP contribution in [-0.2, 0) is 11.3 Å². The fourth-order valence-electron chi connectivity index (χ4n) is 3.52. The van der Waals surface area contributed by atoms with Crippen molar-refractivity contribution in [2.75, 3.05) is 11.9 Å². The number of anilines is 1.